The van der Waals surface area contributed by atoms with E-state index >= 15 is 0 Å². The summed E-state index contributed by atoms with van der Waals surface area (Å²) in [6, 6.07) is 7.97. The van der Waals surface area contributed by atoms with Gasteiger partial charge >= 0.3 is 5.97 Å². The predicted octanol–water partition coefficient (Wildman–Crippen LogP) is 1.67. The standard InChI is InChI=1S/C13H17NO3S/c1-9(2)17-13(16)11(8-18)14-12(15)10-6-4-3-5-7-10/h3-7,9,11,18H,8H2,1-2H3,(H,14,15)/t11-/m0/s1. The summed E-state index contributed by atoms with van der Waals surface area (Å²) in [4.78, 5) is 23.5. The molecule has 0 aromatic heterocycles. The maximum Gasteiger partial charge on any atom is 0.329 e. The van der Waals surface area contributed by atoms with E-state index in [2.05, 4.69) is 17.9 Å². The van der Waals surface area contributed by atoms with Crippen molar-refractivity contribution in [2.75, 3.05) is 5.75 Å². The van der Waals surface area contributed by atoms with Gasteiger partial charge in [0, 0.05) is 11.3 Å². The first-order valence-electron chi connectivity index (χ1n) is 5.72. The molecule has 0 bridgehead atoms. The summed E-state index contributed by atoms with van der Waals surface area (Å²) in [7, 11) is 0. The van der Waals surface area contributed by atoms with Gasteiger partial charge in [0.05, 0.1) is 6.10 Å². The van der Waals surface area contributed by atoms with E-state index in [0.29, 0.717) is 5.56 Å². The van der Waals surface area contributed by atoms with Gasteiger partial charge in [-0.15, -0.1) is 0 Å². The zero-order valence-electron chi connectivity index (χ0n) is 10.4. The minimum Gasteiger partial charge on any atom is -0.461 e. The summed E-state index contributed by atoms with van der Waals surface area (Å²) in [5, 5.41) is 2.60. The minimum absolute atomic E-state index is 0.199. The highest BCUT2D eigenvalue weighted by molar-refractivity contribution is 7.80. The van der Waals surface area contributed by atoms with Crippen molar-refractivity contribution in [1.29, 1.82) is 0 Å². The van der Waals surface area contributed by atoms with Crippen molar-refractivity contribution in [2.24, 2.45) is 0 Å². The van der Waals surface area contributed by atoms with Gasteiger partial charge in [0.25, 0.3) is 5.91 Å². The van der Waals surface area contributed by atoms with E-state index < -0.39 is 12.0 Å². The number of carbonyl (C=O) groups is 2. The van der Waals surface area contributed by atoms with Crippen molar-refractivity contribution < 1.29 is 14.3 Å². The van der Waals surface area contributed by atoms with Crippen LogP contribution in [-0.4, -0.2) is 29.8 Å². The number of nitrogens with one attached hydrogen (secondary N) is 1. The molecular weight excluding hydrogens is 250 g/mol. The van der Waals surface area contributed by atoms with Crippen molar-refractivity contribution in [3.8, 4) is 0 Å². The first-order valence-corrected chi connectivity index (χ1v) is 6.35. The van der Waals surface area contributed by atoms with E-state index in [0.717, 1.165) is 0 Å². The first kappa shape index (κ1) is 14.6. The summed E-state index contributed by atoms with van der Waals surface area (Å²) in [6.07, 6.45) is -0.214. The van der Waals surface area contributed by atoms with Crippen LogP contribution in [0.4, 0.5) is 0 Å². The largest absolute Gasteiger partial charge is 0.461 e. The molecule has 0 heterocycles. The number of esters is 1. The van der Waals surface area contributed by atoms with Crippen LogP contribution in [0.1, 0.15) is 24.2 Å². The van der Waals surface area contributed by atoms with Gasteiger partial charge in [-0.1, -0.05) is 18.2 Å². The molecule has 5 heteroatoms. The fourth-order valence-electron chi connectivity index (χ4n) is 1.32. The summed E-state index contributed by atoms with van der Waals surface area (Å²) in [5.41, 5.74) is 0.502. The molecule has 0 fully saturated rings. The molecule has 1 amide bonds. The Morgan fingerprint density at radius 1 is 1.28 bits per heavy atom. The number of carbonyl (C=O) groups excluding carboxylic acids is 2. The molecule has 98 valence electrons. The molecule has 1 atom stereocenters. The Morgan fingerprint density at radius 3 is 2.39 bits per heavy atom. The highest BCUT2D eigenvalue weighted by Crippen LogP contribution is 2.02. The van der Waals surface area contributed by atoms with Gasteiger partial charge in [0.1, 0.15) is 6.04 Å². The van der Waals surface area contributed by atoms with Gasteiger partial charge in [0.15, 0.2) is 0 Å². The predicted molar refractivity (Wildman–Crippen MR) is 72.8 cm³/mol. The summed E-state index contributed by atoms with van der Waals surface area (Å²) >= 11 is 4.05. The lowest BCUT2D eigenvalue weighted by Crippen LogP contribution is -2.43. The summed E-state index contributed by atoms with van der Waals surface area (Å²) in [5.74, 6) is -0.580. The molecule has 1 N–H and O–H groups in total. The Morgan fingerprint density at radius 2 is 1.89 bits per heavy atom. The molecular formula is C13H17NO3S. The van der Waals surface area contributed by atoms with Crippen molar-refractivity contribution in [1.82, 2.24) is 5.32 Å². The van der Waals surface area contributed by atoms with E-state index in [1.54, 1.807) is 38.1 Å². The highest BCUT2D eigenvalue weighted by atomic mass is 32.1. The van der Waals surface area contributed by atoms with E-state index in [4.69, 9.17) is 4.74 Å². The lowest BCUT2D eigenvalue weighted by atomic mass is 10.2. The van der Waals surface area contributed by atoms with Crippen LogP contribution in [0, 0.1) is 0 Å². The Hall–Kier alpha value is -1.49. The molecule has 18 heavy (non-hydrogen) atoms. The van der Waals surface area contributed by atoms with Crippen LogP contribution < -0.4 is 5.32 Å². The van der Waals surface area contributed by atoms with Crippen LogP contribution in [0.25, 0.3) is 0 Å². The smallest absolute Gasteiger partial charge is 0.329 e. The molecule has 0 aliphatic carbocycles. The number of rotatable bonds is 5. The Labute approximate surface area is 112 Å². The number of amides is 1. The van der Waals surface area contributed by atoms with Gasteiger partial charge in [-0.2, -0.15) is 12.6 Å². The van der Waals surface area contributed by atoms with Crippen LogP contribution in [0.5, 0.6) is 0 Å². The van der Waals surface area contributed by atoms with Crippen molar-refractivity contribution in [3.05, 3.63) is 35.9 Å². The third-order valence-corrected chi connectivity index (χ3v) is 2.53. The van der Waals surface area contributed by atoms with E-state index in [1.807, 2.05) is 6.07 Å². The fourth-order valence-corrected chi connectivity index (χ4v) is 1.57. The van der Waals surface area contributed by atoms with Crippen molar-refractivity contribution in [3.63, 3.8) is 0 Å². The van der Waals surface area contributed by atoms with E-state index in [-0.39, 0.29) is 17.8 Å². The van der Waals surface area contributed by atoms with Crippen LogP contribution in [0.3, 0.4) is 0 Å². The zero-order valence-corrected chi connectivity index (χ0v) is 11.3. The summed E-state index contributed by atoms with van der Waals surface area (Å²) < 4.78 is 5.04. The molecule has 0 unspecified atom stereocenters. The number of benzene rings is 1. The maximum atomic E-state index is 11.9. The first-order chi connectivity index (χ1) is 8.54. The second-order valence-corrected chi connectivity index (χ2v) is 4.43. The zero-order chi connectivity index (χ0) is 13.5. The lowest BCUT2D eigenvalue weighted by Gasteiger charge is -2.17. The summed E-state index contributed by atoms with van der Waals surface area (Å²) in [6.45, 7) is 3.51. The van der Waals surface area contributed by atoms with Gasteiger partial charge in [-0.05, 0) is 26.0 Å². The van der Waals surface area contributed by atoms with Crippen LogP contribution in [0.15, 0.2) is 30.3 Å². The molecule has 0 aliphatic rings. The SMILES string of the molecule is CC(C)OC(=O)[C@H](CS)NC(=O)c1ccccc1. The molecule has 1 aromatic carbocycles. The molecule has 0 radical (unpaired) electrons. The van der Waals surface area contributed by atoms with E-state index in [9.17, 15) is 9.59 Å². The van der Waals surface area contributed by atoms with Crippen LogP contribution in [0.2, 0.25) is 0 Å². The Bertz CT molecular complexity index is 406. The Balaban J connectivity index is 2.64. The van der Waals surface area contributed by atoms with Gasteiger partial charge in [-0.3, -0.25) is 4.79 Å². The molecule has 0 spiro atoms. The van der Waals surface area contributed by atoms with Gasteiger partial charge < -0.3 is 10.1 Å². The second-order valence-electron chi connectivity index (χ2n) is 4.06. The number of hydrogen-bond acceptors (Lipinski definition) is 4. The van der Waals surface area contributed by atoms with Crippen molar-refractivity contribution in [2.45, 2.75) is 26.0 Å². The average Bonchev–Trinajstić information content (AvgIpc) is 2.35. The Kier molecular flexibility index (Phi) is 5.71. The highest BCUT2D eigenvalue weighted by Gasteiger charge is 2.22. The second kappa shape index (κ2) is 7.06. The third kappa shape index (κ3) is 4.41. The molecule has 4 nitrogen and oxygen atoms in total. The van der Waals surface area contributed by atoms with Gasteiger partial charge in [-0.25, -0.2) is 4.79 Å². The molecule has 1 aromatic rings. The van der Waals surface area contributed by atoms with Crippen molar-refractivity contribution >= 4 is 24.5 Å². The number of thiol groups is 1. The molecule has 0 saturated heterocycles. The fraction of sp³-hybridized carbons (Fsp3) is 0.385. The number of ether oxygens (including phenoxy) is 1. The maximum absolute atomic E-state index is 11.9. The average molecular weight is 267 g/mol. The monoisotopic (exact) mass is 267 g/mol. The minimum atomic E-state index is -0.733. The molecule has 0 aliphatic heterocycles. The quantitative estimate of drug-likeness (QED) is 0.630. The molecule has 1 rings (SSSR count). The topological polar surface area (TPSA) is 55.4 Å². The van der Waals surface area contributed by atoms with E-state index in [1.165, 1.54) is 0 Å². The molecule has 0 saturated carbocycles. The number of hydrogen-bond donors (Lipinski definition) is 2. The lowest BCUT2D eigenvalue weighted by molar-refractivity contribution is -0.149. The van der Waals surface area contributed by atoms with Gasteiger partial charge in [0.2, 0.25) is 0 Å². The normalized spacial score (nSPS) is 12.0. The van der Waals surface area contributed by atoms with Crippen LogP contribution in [-0.2, 0) is 9.53 Å². The third-order valence-electron chi connectivity index (χ3n) is 2.16. The van der Waals surface area contributed by atoms with Crippen LogP contribution >= 0.6 is 12.6 Å².